The van der Waals surface area contributed by atoms with Crippen LogP contribution in [0.15, 0.2) is 40.9 Å². The monoisotopic (exact) mass is 350 g/mol. The minimum atomic E-state index is -0.597. The topological polar surface area (TPSA) is 58.9 Å². The molecule has 0 saturated heterocycles. The van der Waals surface area contributed by atoms with Crippen molar-refractivity contribution in [3.8, 4) is 17.2 Å². The van der Waals surface area contributed by atoms with Gasteiger partial charge in [-0.1, -0.05) is 22.0 Å². The predicted molar refractivity (Wildman–Crippen MR) is 81.7 cm³/mol. The molecule has 4 nitrogen and oxygen atoms in total. The summed E-state index contributed by atoms with van der Waals surface area (Å²) in [7, 11) is 1.50. The average molecular weight is 351 g/mol. The fourth-order valence-corrected chi connectivity index (χ4v) is 2.91. The van der Waals surface area contributed by atoms with E-state index in [4.69, 9.17) is 9.47 Å². The number of hydrogen-bond donors (Lipinski definition) is 2. The Bertz CT molecular complexity index is 671. The first-order valence-electron chi connectivity index (χ1n) is 6.59. The Morgan fingerprint density at radius 3 is 2.76 bits per heavy atom. The second-order valence-electron chi connectivity index (χ2n) is 4.97. The van der Waals surface area contributed by atoms with Gasteiger partial charge in [-0.25, -0.2) is 0 Å². The van der Waals surface area contributed by atoms with E-state index in [0.717, 1.165) is 15.6 Å². The van der Waals surface area contributed by atoms with Crippen LogP contribution in [0.4, 0.5) is 0 Å². The summed E-state index contributed by atoms with van der Waals surface area (Å²) in [6, 6.07) is 10.7. The van der Waals surface area contributed by atoms with Crippen LogP contribution in [0, 0.1) is 0 Å². The smallest absolute Gasteiger partial charge is 0.160 e. The zero-order valence-electron chi connectivity index (χ0n) is 11.4. The van der Waals surface area contributed by atoms with Gasteiger partial charge in [-0.2, -0.15) is 0 Å². The van der Waals surface area contributed by atoms with Crippen LogP contribution < -0.4 is 9.47 Å². The van der Waals surface area contributed by atoms with Gasteiger partial charge in [0, 0.05) is 16.5 Å². The van der Waals surface area contributed by atoms with E-state index in [2.05, 4.69) is 15.9 Å². The molecule has 0 aliphatic carbocycles. The number of aliphatic hydroxyl groups is 1. The summed E-state index contributed by atoms with van der Waals surface area (Å²) in [6.07, 6.45) is -0.458. The Morgan fingerprint density at radius 1 is 1.24 bits per heavy atom. The van der Waals surface area contributed by atoms with Gasteiger partial charge in [0.1, 0.15) is 11.9 Å². The van der Waals surface area contributed by atoms with Crippen molar-refractivity contribution in [2.24, 2.45) is 0 Å². The summed E-state index contributed by atoms with van der Waals surface area (Å²) in [4.78, 5) is 0. The van der Waals surface area contributed by atoms with Gasteiger partial charge < -0.3 is 19.7 Å². The van der Waals surface area contributed by atoms with Crippen LogP contribution in [-0.2, 0) is 0 Å². The van der Waals surface area contributed by atoms with Crippen molar-refractivity contribution >= 4 is 15.9 Å². The molecule has 110 valence electrons. The van der Waals surface area contributed by atoms with Crippen LogP contribution in [0.3, 0.4) is 0 Å². The highest BCUT2D eigenvalue weighted by atomic mass is 79.9. The van der Waals surface area contributed by atoms with Crippen molar-refractivity contribution in [1.82, 2.24) is 0 Å². The molecule has 0 amide bonds. The quantitative estimate of drug-likeness (QED) is 0.866. The Hall–Kier alpha value is -1.72. The van der Waals surface area contributed by atoms with E-state index in [9.17, 15) is 10.2 Å². The number of phenolic OH excluding ortho intramolecular Hbond substituents is 1. The van der Waals surface area contributed by atoms with Gasteiger partial charge in [0.2, 0.25) is 0 Å². The van der Waals surface area contributed by atoms with Crippen molar-refractivity contribution < 1.29 is 19.7 Å². The molecule has 0 spiro atoms. The molecule has 2 aromatic carbocycles. The van der Waals surface area contributed by atoms with Crippen LogP contribution in [-0.4, -0.2) is 17.3 Å². The molecular formula is C16H15BrO4. The van der Waals surface area contributed by atoms with E-state index >= 15 is 0 Å². The molecule has 1 unspecified atom stereocenters. The van der Waals surface area contributed by atoms with E-state index in [1.54, 1.807) is 12.1 Å². The van der Waals surface area contributed by atoms with Crippen molar-refractivity contribution in [2.45, 2.75) is 18.6 Å². The van der Waals surface area contributed by atoms with Gasteiger partial charge in [-0.15, -0.1) is 0 Å². The number of fused-ring (bicyclic) bond motifs is 1. The van der Waals surface area contributed by atoms with Crippen LogP contribution in [0.25, 0.3) is 0 Å². The highest BCUT2D eigenvalue weighted by Crippen LogP contribution is 2.43. The van der Waals surface area contributed by atoms with Crippen molar-refractivity contribution in [1.29, 1.82) is 0 Å². The standard InChI is InChI=1S/C16H15BrO4/c1-20-15-4-2-9(6-13(15)19)16-8-12(18)11-7-10(17)3-5-14(11)21-16/h2-7,12,16,18-19H,8H2,1H3/t12-,16?/m1/s1. The lowest BCUT2D eigenvalue weighted by Crippen LogP contribution is -2.19. The number of aromatic hydroxyl groups is 1. The van der Waals surface area contributed by atoms with Gasteiger partial charge in [-0.3, -0.25) is 0 Å². The predicted octanol–water partition coefficient (Wildman–Crippen LogP) is 3.72. The first kappa shape index (κ1) is 14.2. The van der Waals surface area contributed by atoms with Gasteiger partial charge >= 0.3 is 0 Å². The summed E-state index contributed by atoms with van der Waals surface area (Å²) >= 11 is 3.39. The Labute approximate surface area is 131 Å². The number of ether oxygens (including phenoxy) is 2. The largest absolute Gasteiger partial charge is 0.504 e. The second kappa shape index (κ2) is 5.58. The van der Waals surface area contributed by atoms with E-state index < -0.39 is 6.10 Å². The minimum absolute atomic E-state index is 0.0645. The molecule has 2 aromatic rings. The molecule has 5 heteroatoms. The molecule has 0 aromatic heterocycles. The lowest BCUT2D eigenvalue weighted by atomic mass is 9.95. The minimum Gasteiger partial charge on any atom is -0.504 e. The molecule has 0 bridgehead atoms. The van der Waals surface area contributed by atoms with E-state index in [0.29, 0.717) is 17.9 Å². The summed E-state index contributed by atoms with van der Waals surface area (Å²) in [5.74, 6) is 1.14. The Balaban J connectivity index is 1.92. The molecule has 0 saturated carbocycles. The van der Waals surface area contributed by atoms with E-state index in [1.165, 1.54) is 7.11 Å². The van der Waals surface area contributed by atoms with Gasteiger partial charge in [-0.05, 0) is 35.9 Å². The van der Waals surface area contributed by atoms with Crippen LogP contribution in [0.1, 0.15) is 29.8 Å². The lowest BCUT2D eigenvalue weighted by molar-refractivity contribution is 0.0655. The summed E-state index contributed by atoms with van der Waals surface area (Å²) in [5.41, 5.74) is 1.58. The van der Waals surface area contributed by atoms with Gasteiger partial charge in [0.15, 0.2) is 11.5 Å². The number of methoxy groups -OCH3 is 1. The molecule has 2 atom stereocenters. The molecule has 0 radical (unpaired) electrons. The maximum Gasteiger partial charge on any atom is 0.160 e. The number of aliphatic hydroxyl groups excluding tert-OH is 1. The third kappa shape index (κ3) is 2.71. The van der Waals surface area contributed by atoms with Crippen molar-refractivity contribution in [2.75, 3.05) is 7.11 Å². The summed E-state index contributed by atoms with van der Waals surface area (Å²) in [6.45, 7) is 0. The van der Waals surface area contributed by atoms with Crippen LogP contribution in [0.5, 0.6) is 17.2 Å². The molecule has 21 heavy (non-hydrogen) atoms. The summed E-state index contributed by atoms with van der Waals surface area (Å²) < 4.78 is 11.9. The van der Waals surface area contributed by atoms with Crippen LogP contribution >= 0.6 is 15.9 Å². The second-order valence-corrected chi connectivity index (χ2v) is 5.89. The third-order valence-electron chi connectivity index (χ3n) is 3.61. The maximum atomic E-state index is 10.3. The fourth-order valence-electron chi connectivity index (χ4n) is 2.53. The number of benzene rings is 2. The highest BCUT2D eigenvalue weighted by Gasteiger charge is 2.28. The molecule has 2 N–H and O–H groups in total. The van der Waals surface area contributed by atoms with Gasteiger partial charge in [0.25, 0.3) is 0 Å². The molecule has 1 heterocycles. The lowest BCUT2D eigenvalue weighted by Gasteiger charge is -2.30. The molecule has 0 fully saturated rings. The SMILES string of the molecule is COc1ccc(C2C[C@@H](O)c3cc(Br)ccc3O2)cc1O. The van der Waals surface area contributed by atoms with Crippen LogP contribution in [0.2, 0.25) is 0 Å². The Kier molecular flexibility index (Phi) is 3.78. The maximum absolute atomic E-state index is 10.3. The van der Waals surface area contributed by atoms with Crippen molar-refractivity contribution in [3.63, 3.8) is 0 Å². The highest BCUT2D eigenvalue weighted by molar-refractivity contribution is 9.10. The van der Waals surface area contributed by atoms with Gasteiger partial charge in [0.05, 0.1) is 13.2 Å². The van der Waals surface area contributed by atoms with Crippen molar-refractivity contribution in [3.05, 3.63) is 52.0 Å². The first-order valence-corrected chi connectivity index (χ1v) is 7.39. The number of hydrogen-bond acceptors (Lipinski definition) is 4. The van der Waals surface area contributed by atoms with E-state index in [-0.39, 0.29) is 11.9 Å². The zero-order chi connectivity index (χ0) is 15.0. The Morgan fingerprint density at radius 2 is 2.05 bits per heavy atom. The number of phenols is 1. The fraction of sp³-hybridized carbons (Fsp3) is 0.250. The normalized spacial score (nSPS) is 20.5. The van der Waals surface area contributed by atoms with E-state index in [1.807, 2.05) is 24.3 Å². The summed E-state index contributed by atoms with van der Waals surface area (Å²) in [5, 5.41) is 20.2. The third-order valence-corrected chi connectivity index (χ3v) is 4.11. The number of rotatable bonds is 2. The molecular weight excluding hydrogens is 336 g/mol. The zero-order valence-corrected chi connectivity index (χ0v) is 13.0. The molecule has 1 aliphatic rings. The number of halogens is 1. The molecule has 3 rings (SSSR count). The first-order chi connectivity index (χ1) is 10.1. The molecule has 1 aliphatic heterocycles. The average Bonchev–Trinajstić information content (AvgIpc) is 2.47.